The predicted molar refractivity (Wildman–Crippen MR) is 86.5 cm³/mol. The Morgan fingerprint density at radius 1 is 1.29 bits per heavy atom. The van der Waals surface area contributed by atoms with Gasteiger partial charge in [0, 0.05) is 17.6 Å². The maximum Gasteiger partial charge on any atom is 0.0897 e. The third kappa shape index (κ3) is 5.95. The summed E-state index contributed by atoms with van der Waals surface area (Å²) in [5.41, 5.74) is 0.959. The van der Waals surface area contributed by atoms with E-state index in [1.54, 1.807) is 0 Å². The summed E-state index contributed by atoms with van der Waals surface area (Å²) in [7, 11) is 0. The van der Waals surface area contributed by atoms with Crippen LogP contribution in [0.25, 0.3) is 0 Å². The second kappa shape index (κ2) is 8.74. The molecule has 0 saturated heterocycles. The van der Waals surface area contributed by atoms with Gasteiger partial charge in [0.25, 0.3) is 0 Å². The lowest BCUT2D eigenvalue weighted by Crippen LogP contribution is -2.39. The van der Waals surface area contributed by atoms with E-state index in [1.807, 2.05) is 24.3 Å². The minimum absolute atomic E-state index is 0.335. The lowest BCUT2D eigenvalue weighted by atomic mass is 9.87. The molecule has 1 aromatic carbocycles. The van der Waals surface area contributed by atoms with E-state index >= 15 is 0 Å². The van der Waals surface area contributed by atoms with Crippen LogP contribution in [-0.2, 0) is 11.3 Å². The van der Waals surface area contributed by atoms with Crippen molar-refractivity contribution in [3.8, 4) is 0 Å². The average Bonchev–Trinajstić information content (AvgIpc) is 2.49. The third-order valence-electron chi connectivity index (χ3n) is 4.18. The second-order valence-corrected chi connectivity index (χ2v) is 6.53. The van der Waals surface area contributed by atoms with Crippen LogP contribution in [0.2, 0.25) is 5.02 Å². The van der Waals surface area contributed by atoms with Crippen LogP contribution in [0.15, 0.2) is 24.3 Å². The van der Waals surface area contributed by atoms with Crippen LogP contribution in [0.5, 0.6) is 0 Å². The summed E-state index contributed by atoms with van der Waals surface area (Å²) < 4.78 is 5.54. The van der Waals surface area contributed by atoms with Crippen LogP contribution >= 0.6 is 11.6 Å². The Hall–Kier alpha value is -0.610. The van der Waals surface area contributed by atoms with E-state index in [9.17, 15) is 5.11 Å². The summed E-state index contributed by atoms with van der Waals surface area (Å²) in [5.74, 6) is 0.854. The monoisotopic (exact) mass is 311 g/mol. The molecule has 1 fully saturated rings. The van der Waals surface area contributed by atoms with E-state index in [4.69, 9.17) is 16.3 Å². The molecule has 3 nitrogen and oxygen atoms in total. The first-order valence-corrected chi connectivity index (χ1v) is 8.25. The molecular formula is C17H26ClNO2. The second-order valence-electron chi connectivity index (χ2n) is 6.13. The molecule has 0 aliphatic heterocycles. The molecule has 0 bridgehead atoms. The fourth-order valence-electron chi connectivity index (χ4n) is 2.75. The van der Waals surface area contributed by atoms with E-state index in [2.05, 4.69) is 12.2 Å². The summed E-state index contributed by atoms with van der Waals surface area (Å²) in [4.78, 5) is 0. The molecule has 1 aliphatic carbocycles. The quantitative estimate of drug-likeness (QED) is 0.811. The Morgan fingerprint density at radius 2 is 2.00 bits per heavy atom. The summed E-state index contributed by atoms with van der Waals surface area (Å²) in [5, 5.41) is 14.1. The number of hydrogen-bond donors (Lipinski definition) is 2. The highest BCUT2D eigenvalue weighted by Crippen LogP contribution is 2.23. The first-order valence-electron chi connectivity index (χ1n) is 7.87. The first kappa shape index (κ1) is 16.8. The topological polar surface area (TPSA) is 41.5 Å². The Labute approximate surface area is 132 Å². The Kier molecular flexibility index (Phi) is 6.97. The van der Waals surface area contributed by atoms with Gasteiger partial charge in [-0.05, 0) is 43.2 Å². The van der Waals surface area contributed by atoms with E-state index in [1.165, 1.54) is 25.7 Å². The molecule has 1 saturated carbocycles. The Balaban J connectivity index is 1.59. The molecule has 1 aromatic rings. The highest BCUT2D eigenvalue weighted by atomic mass is 35.5. The van der Waals surface area contributed by atoms with Gasteiger partial charge in [-0.1, -0.05) is 36.7 Å². The standard InChI is InChI=1S/C17H26ClNO2/c1-13-6-8-15(9-7-13)19-10-16(20)12-21-11-14-4-2-3-5-17(14)18/h2-5,13,15-16,19-20H,6-12H2,1H3. The first-order chi connectivity index (χ1) is 10.1. The van der Waals surface area contributed by atoms with Crippen molar-refractivity contribution in [2.45, 2.75) is 51.4 Å². The van der Waals surface area contributed by atoms with Gasteiger partial charge in [-0.25, -0.2) is 0 Å². The fraction of sp³-hybridized carbons (Fsp3) is 0.647. The number of rotatable bonds is 7. The van der Waals surface area contributed by atoms with Crippen molar-refractivity contribution in [3.05, 3.63) is 34.9 Å². The molecule has 0 aromatic heterocycles. The van der Waals surface area contributed by atoms with Crippen molar-refractivity contribution in [1.82, 2.24) is 5.32 Å². The smallest absolute Gasteiger partial charge is 0.0897 e. The molecule has 118 valence electrons. The van der Waals surface area contributed by atoms with Crippen molar-refractivity contribution < 1.29 is 9.84 Å². The molecule has 0 heterocycles. The summed E-state index contributed by atoms with van der Waals surface area (Å²) in [6, 6.07) is 8.18. The van der Waals surface area contributed by atoms with Gasteiger partial charge < -0.3 is 15.2 Å². The number of hydrogen-bond acceptors (Lipinski definition) is 3. The zero-order valence-electron chi connectivity index (χ0n) is 12.7. The number of ether oxygens (including phenoxy) is 1. The number of halogens is 1. The average molecular weight is 312 g/mol. The Morgan fingerprint density at radius 3 is 2.71 bits per heavy atom. The molecule has 1 atom stereocenters. The van der Waals surface area contributed by atoms with Gasteiger partial charge in [-0.15, -0.1) is 0 Å². The van der Waals surface area contributed by atoms with Gasteiger partial charge in [0.1, 0.15) is 0 Å². The molecule has 0 amide bonds. The van der Waals surface area contributed by atoms with Gasteiger partial charge in [-0.2, -0.15) is 0 Å². The summed E-state index contributed by atoms with van der Waals surface area (Å²) in [6.45, 7) is 3.69. The molecule has 0 spiro atoms. The van der Waals surface area contributed by atoms with Crippen LogP contribution in [0.3, 0.4) is 0 Å². The van der Waals surface area contributed by atoms with Crippen molar-refractivity contribution >= 4 is 11.6 Å². The molecule has 2 rings (SSSR count). The van der Waals surface area contributed by atoms with Gasteiger partial charge in [-0.3, -0.25) is 0 Å². The molecular weight excluding hydrogens is 286 g/mol. The lowest BCUT2D eigenvalue weighted by Gasteiger charge is -2.27. The molecule has 21 heavy (non-hydrogen) atoms. The van der Waals surface area contributed by atoms with E-state index in [0.717, 1.165) is 11.5 Å². The van der Waals surface area contributed by atoms with Crippen LogP contribution in [0.1, 0.15) is 38.2 Å². The highest BCUT2D eigenvalue weighted by molar-refractivity contribution is 6.31. The summed E-state index contributed by atoms with van der Waals surface area (Å²) in [6.07, 6.45) is 4.54. The van der Waals surface area contributed by atoms with E-state index in [-0.39, 0.29) is 0 Å². The Bertz CT molecular complexity index is 419. The normalized spacial score (nSPS) is 24.0. The maximum atomic E-state index is 9.96. The molecule has 1 unspecified atom stereocenters. The molecule has 4 heteroatoms. The number of benzene rings is 1. The van der Waals surface area contributed by atoms with Crippen LogP contribution in [0.4, 0.5) is 0 Å². The molecule has 1 aliphatic rings. The maximum absolute atomic E-state index is 9.96. The lowest BCUT2D eigenvalue weighted by molar-refractivity contribution is 0.0268. The van der Waals surface area contributed by atoms with Gasteiger partial charge in [0.05, 0.1) is 19.3 Å². The third-order valence-corrected chi connectivity index (χ3v) is 4.55. The largest absolute Gasteiger partial charge is 0.389 e. The number of aliphatic hydroxyl groups is 1. The molecule has 0 radical (unpaired) electrons. The van der Waals surface area contributed by atoms with Crippen molar-refractivity contribution in [2.24, 2.45) is 5.92 Å². The SMILES string of the molecule is CC1CCC(NCC(O)COCc2ccccc2Cl)CC1. The predicted octanol–water partition coefficient (Wildman–Crippen LogP) is 3.39. The van der Waals surface area contributed by atoms with Crippen LogP contribution < -0.4 is 5.32 Å². The highest BCUT2D eigenvalue weighted by Gasteiger charge is 2.18. The van der Waals surface area contributed by atoms with Crippen molar-refractivity contribution in [1.29, 1.82) is 0 Å². The van der Waals surface area contributed by atoms with E-state index < -0.39 is 6.10 Å². The fourth-order valence-corrected chi connectivity index (χ4v) is 2.94. The van der Waals surface area contributed by atoms with Crippen LogP contribution in [0, 0.1) is 5.92 Å². The summed E-state index contributed by atoms with van der Waals surface area (Å²) >= 11 is 6.06. The number of aliphatic hydroxyl groups excluding tert-OH is 1. The van der Waals surface area contributed by atoms with Gasteiger partial charge in [0.2, 0.25) is 0 Å². The number of nitrogens with one attached hydrogen (secondary N) is 1. The zero-order chi connectivity index (χ0) is 15.1. The minimum atomic E-state index is -0.466. The minimum Gasteiger partial charge on any atom is -0.389 e. The van der Waals surface area contributed by atoms with E-state index in [0.29, 0.717) is 30.8 Å². The van der Waals surface area contributed by atoms with Gasteiger partial charge >= 0.3 is 0 Å². The van der Waals surface area contributed by atoms with Gasteiger partial charge in [0.15, 0.2) is 0 Å². The zero-order valence-corrected chi connectivity index (χ0v) is 13.5. The van der Waals surface area contributed by atoms with Crippen molar-refractivity contribution in [3.63, 3.8) is 0 Å². The van der Waals surface area contributed by atoms with Crippen LogP contribution in [-0.4, -0.2) is 30.4 Å². The van der Waals surface area contributed by atoms with Crippen molar-refractivity contribution in [2.75, 3.05) is 13.2 Å². The molecule has 2 N–H and O–H groups in total.